The normalized spacial score (nSPS) is 11.4. The van der Waals surface area contributed by atoms with E-state index in [1.807, 2.05) is 24.3 Å². The second kappa shape index (κ2) is 7.68. The highest BCUT2D eigenvalue weighted by Gasteiger charge is 2.02. The predicted octanol–water partition coefficient (Wildman–Crippen LogP) is 2.10. The quantitative estimate of drug-likeness (QED) is 0.343. The van der Waals surface area contributed by atoms with Gasteiger partial charge in [0, 0.05) is 12.1 Å². The minimum Gasteiger partial charge on any atom is -0.494 e. The van der Waals surface area contributed by atoms with Crippen molar-refractivity contribution in [1.29, 1.82) is 0 Å². The molecule has 0 radical (unpaired) electrons. The van der Waals surface area contributed by atoms with Crippen molar-refractivity contribution in [3.63, 3.8) is 0 Å². The molecule has 0 aliphatic heterocycles. The van der Waals surface area contributed by atoms with Gasteiger partial charge in [-0.05, 0) is 25.0 Å². The number of rotatable bonds is 6. The second-order valence-electron chi connectivity index (χ2n) is 3.75. The van der Waals surface area contributed by atoms with E-state index in [0.717, 1.165) is 37.3 Å². The third-order valence-electron chi connectivity index (χ3n) is 2.21. The summed E-state index contributed by atoms with van der Waals surface area (Å²) in [4.78, 5) is 4.38. The average molecular weight is 235 g/mol. The molecule has 0 aromatic heterocycles. The van der Waals surface area contributed by atoms with Crippen molar-refractivity contribution < 1.29 is 4.74 Å². The third-order valence-corrected chi connectivity index (χ3v) is 2.21. The molecule has 0 heterocycles. The first-order chi connectivity index (χ1) is 8.31. The fraction of sp³-hybridized carbons (Fsp3) is 0.462. The Bertz CT molecular complexity index is 363. The summed E-state index contributed by atoms with van der Waals surface area (Å²) in [7, 11) is 0. The molecular formula is C13H21N3O. The Morgan fingerprint density at radius 1 is 1.35 bits per heavy atom. The maximum Gasteiger partial charge on any atom is 0.142 e. The van der Waals surface area contributed by atoms with Crippen LogP contribution in [0.25, 0.3) is 0 Å². The lowest BCUT2D eigenvalue weighted by Gasteiger charge is -2.09. The van der Waals surface area contributed by atoms with Crippen LogP contribution in [0.1, 0.15) is 32.3 Å². The van der Waals surface area contributed by atoms with E-state index in [1.165, 1.54) is 0 Å². The van der Waals surface area contributed by atoms with Crippen LogP contribution in [0.4, 0.5) is 0 Å². The fourth-order valence-electron chi connectivity index (χ4n) is 1.40. The summed E-state index contributed by atoms with van der Waals surface area (Å²) in [5.74, 6) is 7.03. The van der Waals surface area contributed by atoms with Gasteiger partial charge in [-0.15, -0.1) is 0 Å². The van der Waals surface area contributed by atoms with Crippen molar-refractivity contribution in [1.82, 2.24) is 5.43 Å². The van der Waals surface area contributed by atoms with Crippen LogP contribution in [0.3, 0.4) is 0 Å². The van der Waals surface area contributed by atoms with Crippen molar-refractivity contribution in [3.8, 4) is 5.75 Å². The first-order valence-corrected chi connectivity index (χ1v) is 6.06. The summed E-state index contributed by atoms with van der Waals surface area (Å²) in [5.41, 5.74) is 3.58. The van der Waals surface area contributed by atoms with E-state index < -0.39 is 0 Å². The van der Waals surface area contributed by atoms with Crippen molar-refractivity contribution in [2.75, 3.05) is 13.2 Å². The molecule has 94 valence electrons. The van der Waals surface area contributed by atoms with E-state index in [-0.39, 0.29) is 0 Å². The lowest BCUT2D eigenvalue weighted by atomic mass is 10.2. The highest BCUT2D eigenvalue weighted by molar-refractivity contribution is 5.98. The Hall–Kier alpha value is -1.55. The molecule has 0 aliphatic rings. The van der Waals surface area contributed by atoms with Gasteiger partial charge in [0.05, 0.1) is 6.61 Å². The Morgan fingerprint density at radius 3 is 2.82 bits per heavy atom. The summed E-state index contributed by atoms with van der Waals surface area (Å²) in [6, 6.07) is 7.80. The molecule has 0 atom stereocenters. The van der Waals surface area contributed by atoms with Gasteiger partial charge in [-0.1, -0.05) is 26.0 Å². The number of hydrazine groups is 1. The van der Waals surface area contributed by atoms with Crippen molar-refractivity contribution >= 4 is 5.84 Å². The molecule has 1 rings (SSSR count). The van der Waals surface area contributed by atoms with Crippen LogP contribution in [0.15, 0.2) is 29.3 Å². The Labute approximate surface area is 103 Å². The highest BCUT2D eigenvalue weighted by atomic mass is 16.5. The zero-order valence-corrected chi connectivity index (χ0v) is 10.6. The highest BCUT2D eigenvalue weighted by Crippen LogP contribution is 2.13. The molecular weight excluding hydrogens is 214 g/mol. The molecule has 4 heteroatoms. The number of ether oxygens (including phenoxy) is 1. The number of nitrogens with two attached hydrogens (primary N) is 1. The van der Waals surface area contributed by atoms with Gasteiger partial charge >= 0.3 is 0 Å². The van der Waals surface area contributed by atoms with Crippen LogP contribution < -0.4 is 16.0 Å². The molecule has 1 aromatic carbocycles. The molecule has 0 fully saturated rings. The van der Waals surface area contributed by atoms with E-state index in [1.54, 1.807) is 0 Å². The maximum absolute atomic E-state index is 5.57. The van der Waals surface area contributed by atoms with E-state index in [4.69, 9.17) is 10.6 Å². The second-order valence-corrected chi connectivity index (χ2v) is 3.75. The lowest BCUT2D eigenvalue weighted by Crippen LogP contribution is -2.31. The SMILES string of the molecule is CCCN=C(NN)c1cccc(OCCC)c1. The molecule has 17 heavy (non-hydrogen) atoms. The van der Waals surface area contributed by atoms with Crippen LogP contribution >= 0.6 is 0 Å². The van der Waals surface area contributed by atoms with Gasteiger partial charge in [0.2, 0.25) is 0 Å². The van der Waals surface area contributed by atoms with Crippen molar-refractivity contribution in [2.24, 2.45) is 10.8 Å². The molecule has 0 aliphatic carbocycles. The molecule has 0 saturated heterocycles. The average Bonchev–Trinajstić information content (AvgIpc) is 2.38. The van der Waals surface area contributed by atoms with E-state index >= 15 is 0 Å². The maximum atomic E-state index is 5.57. The summed E-state index contributed by atoms with van der Waals surface area (Å²) in [6.07, 6.45) is 1.99. The van der Waals surface area contributed by atoms with Gasteiger partial charge in [-0.2, -0.15) is 0 Å². The number of amidine groups is 1. The number of nitrogens with one attached hydrogen (secondary N) is 1. The first-order valence-electron chi connectivity index (χ1n) is 6.06. The molecule has 0 amide bonds. The van der Waals surface area contributed by atoms with Gasteiger partial charge < -0.3 is 10.2 Å². The van der Waals surface area contributed by atoms with Crippen LogP contribution in [0.2, 0.25) is 0 Å². The minimum atomic E-state index is 0.703. The smallest absolute Gasteiger partial charge is 0.142 e. The lowest BCUT2D eigenvalue weighted by molar-refractivity contribution is 0.317. The largest absolute Gasteiger partial charge is 0.494 e. The standard InChI is InChI=1S/C13H21N3O/c1-3-8-15-13(16-14)11-6-5-7-12(10-11)17-9-4-2/h5-7,10H,3-4,8-9,14H2,1-2H3,(H,15,16). The number of benzene rings is 1. The topological polar surface area (TPSA) is 59.6 Å². The third kappa shape index (κ3) is 4.44. The first kappa shape index (κ1) is 13.5. The summed E-state index contributed by atoms with van der Waals surface area (Å²) < 4.78 is 5.57. The molecule has 0 spiro atoms. The van der Waals surface area contributed by atoms with Gasteiger partial charge in [-0.25, -0.2) is 5.84 Å². The Balaban J connectivity index is 2.81. The summed E-state index contributed by atoms with van der Waals surface area (Å²) in [5, 5.41) is 0. The van der Waals surface area contributed by atoms with Crippen LogP contribution in [-0.2, 0) is 0 Å². The predicted molar refractivity (Wildman–Crippen MR) is 71.2 cm³/mol. The van der Waals surface area contributed by atoms with E-state index in [0.29, 0.717) is 5.84 Å². The number of aliphatic imine (C=N–C) groups is 1. The van der Waals surface area contributed by atoms with Crippen LogP contribution in [-0.4, -0.2) is 19.0 Å². The Kier molecular flexibility index (Phi) is 6.10. The fourth-order valence-corrected chi connectivity index (χ4v) is 1.40. The van der Waals surface area contributed by atoms with Gasteiger partial charge in [0.1, 0.15) is 11.6 Å². The van der Waals surface area contributed by atoms with Crippen LogP contribution in [0, 0.1) is 0 Å². The van der Waals surface area contributed by atoms with Crippen molar-refractivity contribution in [2.45, 2.75) is 26.7 Å². The molecule has 0 unspecified atom stereocenters. The number of hydrogen-bond acceptors (Lipinski definition) is 3. The Morgan fingerprint density at radius 2 is 2.18 bits per heavy atom. The van der Waals surface area contributed by atoms with Crippen molar-refractivity contribution in [3.05, 3.63) is 29.8 Å². The monoisotopic (exact) mass is 235 g/mol. The van der Waals surface area contributed by atoms with Crippen LogP contribution in [0.5, 0.6) is 5.75 Å². The van der Waals surface area contributed by atoms with E-state index in [9.17, 15) is 0 Å². The number of hydrogen-bond donors (Lipinski definition) is 2. The summed E-state index contributed by atoms with van der Waals surface area (Å²) in [6.45, 7) is 5.65. The van der Waals surface area contributed by atoms with E-state index in [2.05, 4.69) is 24.3 Å². The van der Waals surface area contributed by atoms with Gasteiger partial charge in [-0.3, -0.25) is 4.99 Å². The molecule has 0 saturated carbocycles. The zero-order chi connectivity index (χ0) is 12.5. The molecule has 4 nitrogen and oxygen atoms in total. The molecule has 1 aromatic rings. The van der Waals surface area contributed by atoms with Gasteiger partial charge in [0.25, 0.3) is 0 Å². The summed E-state index contributed by atoms with van der Waals surface area (Å²) >= 11 is 0. The molecule has 3 N–H and O–H groups in total. The number of nitrogens with zero attached hydrogens (tertiary/aromatic N) is 1. The molecule has 0 bridgehead atoms. The zero-order valence-electron chi connectivity index (χ0n) is 10.6. The van der Waals surface area contributed by atoms with Gasteiger partial charge in [0.15, 0.2) is 0 Å². The minimum absolute atomic E-state index is 0.703.